The highest BCUT2D eigenvalue weighted by Crippen LogP contribution is 2.37. The molecule has 124 valence electrons. The number of ether oxygens (including phenoxy) is 1. The first kappa shape index (κ1) is 18.7. The van der Waals surface area contributed by atoms with Crippen molar-refractivity contribution >= 4 is 5.97 Å². The van der Waals surface area contributed by atoms with Crippen molar-refractivity contribution in [3.05, 3.63) is 35.9 Å². The Hall–Kier alpha value is -1.31. The molecule has 0 amide bonds. The number of esters is 1. The molecule has 1 aliphatic rings. The van der Waals surface area contributed by atoms with Gasteiger partial charge < -0.3 is 4.74 Å². The van der Waals surface area contributed by atoms with Gasteiger partial charge in [0.1, 0.15) is 6.10 Å². The summed E-state index contributed by atoms with van der Waals surface area (Å²) in [5.41, 5.74) is 1.14. The number of rotatable bonds is 4. The largest absolute Gasteiger partial charge is 0.457 e. The third kappa shape index (κ3) is 6.21. The smallest absolute Gasteiger partial charge is 0.308 e. The summed E-state index contributed by atoms with van der Waals surface area (Å²) < 4.78 is 5.80. The number of carbonyl (C=O) groups excluding carboxylic acids is 1. The topological polar surface area (TPSA) is 26.3 Å². The van der Waals surface area contributed by atoms with Crippen LogP contribution in [0, 0.1) is 11.8 Å². The van der Waals surface area contributed by atoms with Gasteiger partial charge in [0, 0.05) is 5.92 Å². The normalized spacial score (nSPS) is 16.6. The number of hydrogen-bond acceptors (Lipinski definition) is 2. The Morgan fingerprint density at radius 2 is 1.64 bits per heavy atom. The van der Waals surface area contributed by atoms with Crippen LogP contribution in [0.2, 0.25) is 0 Å². The number of hydrogen-bond donors (Lipinski definition) is 0. The molecule has 0 aliphatic heterocycles. The molecule has 0 N–H and O–H groups in total. The molecule has 1 unspecified atom stereocenters. The van der Waals surface area contributed by atoms with E-state index in [9.17, 15) is 4.79 Å². The number of benzene rings is 1. The van der Waals surface area contributed by atoms with Gasteiger partial charge in [-0.2, -0.15) is 0 Å². The van der Waals surface area contributed by atoms with Gasteiger partial charge in [-0.1, -0.05) is 83.7 Å². The molecular formula is C20H32O2. The summed E-state index contributed by atoms with van der Waals surface area (Å²) in [5.74, 6) is 0.341. The van der Waals surface area contributed by atoms with Crippen LogP contribution in [-0.4, -0.2) is 5.97 Å². The van der Waals surface area contributed by atoms with Gasteiger partial charge in [0.25, 0.3) is 0 Å². The fraction of sp³-hybridized carbons (Fsp3) is 0.650. The molecule has 0 radical (unpaired) electrons. The van der Waals surface area contributed by atoms with Crippen molar-refractivity contribution in [2.24, 2.45) is 11.8 Å². The lowest BCUT2D eigenvalue weighted by atomic mass is 9.82. The van der Waals surface area contributed by atoms with Gasteiger partial charge in [-0.15, -0.1) is 0 Å². The van der Waals surface area contributed by atoms with E-state index in [-0.39, 0.29) is 18.0 Å². The Morgan fingerprint density at radius 1 is 1.09 bits per heavy atom. The molecule has 1 aromatic carbocycles. The monoisotopic (exact) mass is 304 g/mol. The Morgan fingerprint density at radius 3 is 2.14 bits per heavy atom. The zero-order valence-corrected chi connectivity index (χ0v) is 14.7. The van der Waals surface area contributed by atoms with Gasteiger partial charge in [0.05, 0.1) is 5.92 Å². The average Bonchev–Trinajstić information content (AvgIpc) is 2.54. The molecule has 0 saturated heterocycles. The van der Waals surface area contributed by atoms with Gasteiger partial charge in [0.2, 0.25) is 0 Å². The summed E-state index contributed by atoms with van der Waals surface area (Å²) in [5, 5.41) is 0. The van der Waals surface area contributed by atoms with Crippen LogP contribution in [0.4, 0.5) is 0 Å². The van der Waals surface area contributed by atoms with Gasteiger partial charge in [0.15, 0.2) is 0 Å². The standard InChI is InChI=1S/C17H24O2.C3H8/c1-13(2)17(18)19-16(14-9-5-3-6-10-14)15-11-7-4-8-12-15;1-3-2/h3,5-6,9-10,13,15-16H,4,7-8,11-12H2,1-2H3;3H2,1-2H3. The average molecular weight is 304 g/mol. The second-order valence-electron chi connectivity index (χ2n) is 6.53. The van der Waals surface area contributed by atoms with Gasteiger partial charge >= 0.3 is 5.97 Å². The third-order valence-electron chi connectivity index (χ3n) is 3.92. The minimum atomic E-state index is -0.0839. The summed E-state index contributed by atoms with van der Waals surface area (Å²) in [7, 11) is 0. The molecule has 22 heavy (non-hydrogen) atoms. The van der Waals surface area contributed by atoms with Crippen LogP contribution in [0.3, 0.4) is 0 Å². The summed E-state index contributed by atoms with van der Waals surface area (Å²) >= 11 is 0. The van der Waals surface area contributed by atoms with Crippen LogP contribution in [0.5, 0.6) is 0 Å². The van der Waals surface area contributed by atoms with Crippen LogP contribution < -0.4 is 0 Å². The third-order valence-corrected chi connectivity index (χ3v) is 3.92. The van der Waals surface area contributed by atoms with Crippen molar-refractivity contribution in [3.8, 4) is 0 Å². The maximum atomic E-state index is 11.9. The molecule has 1 fully saturated rings. The van der Waals surface area contributed by atoms with Crippen molar-refractivity contribution < 1.29 is 9.53 Å². The van der Waals surface area contributed by atoms with E-state index in [1.54, 1.807) is 0 Å². The van der Waals surface area contributed by atoms with Crippen LogP contribution in [0.15, 0.2) is 30.3 Å². The highest BCUT2D eigenvalue weighted by molar-refractivity contribution is 5.71. The first-order chi connectivity index (χ1) is 10.6. The van der Waals surface area contributed by atoms with Crippen molar-refractivity contribution in [1.82, 2.24) is 0 Å². The first-order valence-electron chi connectivity index (χ1n) is 8.85. The summed E-state index contributed by atoms with van der Waals surface area (Å²) in [6, 6.07) is 10.2. The lowest BCUT2D eigenvalue weighted by molar-refractivity contribution is -0.157. The minimum absolute atomic E-state index is 0.0589. The summed E-state index contributed by atoms with van der Waals surface area (Å²) in [6.07, 6.45) is 7.36. The second-order valence-corrected chi connectivity index (χ2v) is 6.53. The Kier molecular flexibility index (Phi) is 8.88. The lowest BCUT2D eigenvalue weighted by Gasteiger charge is -2.30. The Bertz CT molecular complexity index is 405. The molecule has 1 atom stereocenters. The second kappa shape index (κ2) is 10.4. The Labute approximate surface area is 136 Å². The van der Waals surface area contributed by atoms with Crippen LogP contribution in [-0.2, 0) is 9.53 Å². The zero-order valence-electron chi connectivity index (χ0n) is 14.7. The molecular weight excluding hydrogens is 272 g/mol. The predicted molar refractivity (Wildman–Crippen MR) is 92.7 cm³/mol. The molecule has 0 spiro atoms. The van der Waals surface area contributed by atoms with E-state index < -0.39 is 0 Å². The maximum Gasteiger partial charge on any atom is 0.308 e. The molecule has 0 aromatic heterocycles. The SMILES string of the molecule is CC(C)C(=O)OC(c1ccccc1)C1CCCCC1.CCC. The minimum Gasteiger partial charge on any atom is -0.457 e. The first-order valence-corrected chi connectivity index (χ1v) is 8.85. The van der Waals surface area contributed by atoms with Gasteiger partial charge in [-0.25, -0.2) is 0 Å². The summed E-state index contributed by atoms with van der Waals surface area (Å²) in [6.45, 7) is 8.04. The van der Waals surface area contributed by atoms with Crippen molar-refractivity contribution in [1.29, 1.82) is 0 Å². The fourth-order valence-electron chi connectivity index (χ4n) is 2.78. The molecule has 1 aromatic rings. The van der Waals surface area contributed by atoms with Crippen LogP contribution in [0.1, 0.15) is 77.9 Å². The van der Waals surface area contributed by atoms with E-state index in [1.165, 1.54) is 38.5 Å². The van der Waals surface area contributed by atoms with E-state index in [1.807, 2.05) is 32.0 Å². The lowest BCUT2D eigenvalue weighted by Crippen LogP contribution is -2.24. The quantitative estimate of drug-likeness (QED) is 0.645. The summed E-state index contributed by atoms with van der Waals surface area (Å²) in [4.78, 5) is 11.9. The zero-order chi connectivity index (χ0) is 16.4. The van der Waals surface area contributed by atoms with Crippen LogP contribution in [0.25, 0.3) is 0 Å². The molecule has 1 saturated carbocycles. The van der Waals surface area contributed by atoms with Crippen molar-refractivity contribution in [2.75, 3.05) is 0 Å². The van der Waals surface area contributed by atoms with E-state index >= 15 is 0 Å². The highest BCUT2D eigenvalue weighted by atomic mass is 16.5. The van der Waals surface area contributed by atoms with E-state index in [0.29, 0.717) is 5.92 Å². The molecule has 2 nitrogen and oxygen atoms in total. The number of carbonyl (C=O) groups is 1. The van der Waals surface area contributed by atoms with Gasteiger partial charge in [-0.05, 0) is 18.4 Å². The van der Waals surface area contributed by atoms with Crippen molar-refractivity contribution in [3.63, 3.8) is 0 Å². The molecule has 0 heterocycles. The van der Waals surface area contributed by atoms with Gasteiger partial charge in [-0.3, -0.25) is 4.79 Å². The predicted octanol–water partition coefficient (Wildman–Crippen LogP) is 5.92. The molecule has 1 aliphatic carbocycles. The highest BCUT2D eigenvalue weighted by Gasteiger charge is 2.28. The molecule has 0 bridgehead atoms. The van der Waals surface area contributed by atoms with Crippen molar-refractivity contribution in [2.45, 2.75) is 72.3 Å². The van der Waals surface area contributed by atoms with E-state index in [4.69, 9.17) is 4.74 Å². The maximum absolute atomic E-state index is 11.9. The fourth-order valence-corrected chi connectivity index (χ4v) is 2.78. The molecule has 2 heteroatoms. The Balaban J connectivity index is 0.000000745. The van der Waals surface area contributed by atoms with E-state index in [0.717, 1.165) is 5.56 Å². The van der Waals surface area contributed by atoms with E-state index in [2.05, 4.69) is 26.0 Å². The van der Waals surface area contributed by atoms with Crippen LogP contribution >= 0.6 is 0 Å². The molecule has 2 rings (SSSR count).